The molecule has 126 valence electrons. The van der Waals surface area contributed by atoms with Crippen molar-refractivity contribution in [1.82, 2.24) is 4.98 Å². The van der Waals surface area contributed by atoms with E-state index in [4.69, 9.17) is 0 Å². The molecule has 0 aliphatic carbocycles. The van der Waals surface area contributed by atoms with Gasteiger partial charge in [-0.25, -0.2) is 0 Å². The number of allylic oxidation sites excluding steroid dienone is 1. The van der Waals surface area contributed by atoms with E-state index in [1.165, 1.54) is 11.8 Å². The van der Waals surface area contributed by atoms with E-state index in [0.717, 1.165) is 22.1 Å². The van der Waals surface area contributed by atoms with Crippen LogP contribution < -0.4 is 5.32 Å². The highest BCUT2D eigenvalue weighted by atomic mass is 32.2. The minimum absolute atomic E-state index is 0.0647. The van der Waals surface area contributed by atoms with Crippen molar-refractivity contribution < 1.29 is 4.79 Å². The van der Waals surface area contributed by atoms with E-state index in [9.17, 15) is 4.79 Å². The molecule has 1 aliphatic rings. The first-order chi connectivity index (χ1) is 12.3. The predicted octanol–water partition coefficient (Wildman–Crippen LogP) is 3.90. The van der Waals surface area contributed by atoms with Crippen molar-refractivity contribution >= 4 is 34.1 Å². The zero-order chi connectivity index (χ0) is 17.5. The molecule has 1 unspecified atom stereocenters. The third kappa shape index (κ3) is 4.64. The zero-order valence-electron chi connectivity index (χ0n) is 13.6. The van der Waals surface area contributed by atoms with Gasteiger partial charge in [-0.2, -0.15) is 5.10 Å². The van der Waals surface area contributed by atoms with Crippen LogP contribution >= 0.6 is 11.8 Å². The quantitative estimate of drug-likeness (QED) is 0.803. The number of amides is 1. The lowest BCUT2D eigenvalue weighted by Crippen LogP contribution is -2.26. The summed E-state index contributed by atoms with van der Waals surface area (Å²) >= 11 is 1.43. The average Bonchev–Trinajstić information content (AvgIpc) is 3.11. The summed E-state index contributed by atoms with van der Waals surface area (Å²) in [4.78, 5) is 16.9. The van der Waals surface area contributed by atoms with Crippen LogP contribution in [0.1, 0.15) is 18.5 Å². The molecule has 5 nitrogen and oxygen atoms in total. The van der Waals surface area contributed by atoms with Gasteiger partial charge < -0.3 is 5.32 Å². The smallest absolute Gasteiger partial charge is 0.238 e. The van der Waals surface area contributed by atoms with E-state index in [0.29, 0.717) is 12.8 Å². The monoisotopic (exact) mass is 350 g/mol. The molecule has 3 rings (SSSR count). The number of rotatable bonds is 6. The number of para-hydroxylation sites is 1. The molecule has 1 aromatic heterocycles. The minimum atomic E-state index is -0.297. The minimum Gasteiger partial charge on any atom is -0.325 e. The fourth-order valence-electron chi connectivity index (χ4n) is 2.34. The number of hydrogen-bond donors (Lipinski definition) is 1. The Bertz CT molecular complexity index is 803. The molecule has 1 aromatic carbocycles. The number of carbonyl (C=O) groups excluding carboxylic acids is 1. The summed E-state index contributed by atoms with van der Waals surface area (Å²) in [5.74, 6) is -0.0647. The van der Waals surface area contributed by atoms with Gasteiger partial charge in [0.05, 0.1) is 16.7 Å². The van der Waals surface area contributed by atoms with Crippen molar-refractivity contribution in [3.63, 3.8) is 0 Å². The molecule has 0 spiro atoms. The van der Waals surface area contributed by atoms with E-state index >= 15 is 0 Å². The second-order valence-corrected chi connectivity index (χ2v) is 6.69. The lowest BCUT2D eigenvalue weighted by Gasteiger charge is -2.14. The average molecular weight is 350 g/mol. The summed E-state index contributed by atoms with van der Waals surface area (Å²) in [6, 6.07) is 15.1. The van der Waals surface area contributed by atoms with Gasteiger partial charge in [0.2, 0.25) is 5.91 Å². The Labute approximate surface area is 151 Å². The van der Waals surface area contributed by atoms with Crippen molar-refractivity contribution in [2.24, 2.45) is 10.2 Å². The maximum absolute atomic E-state index is 12.6. The van der Waals surface area contributed by atoms with Gasteiger partial charge in [-0.3, -0.25) is 9.78 Å². The van der Waals surface area contributed by atoms with Crippen LogP contribution in [0.2, 0.25) is 0 Å². The van der Waals surface area contributed by atoms with Crippen LogP contribution in [-0.2, 0) is 4.79 Å². The molecule has 6 heteroatoms. The molecule has 0 radical (unpaired) electrons. The van der Waals surface area contributed by atoms with E-state index < -0.39 is 0 Å². The Hall–Kier alpha value is -2.73. The fourth-order valence-corrected chi connectivity index (χ4v) is 3.37. The molecular weight excluding hydrogens is 332 g/mol. The molecule has 0 saturated carbocycles. The van der Waals surface area contributed by atoms with Crippen LogP contribution in [-0.4, -0.2) is 26.9 Å². The number of nitrogens with zero attached hydrogens (tertiary/aromatic N) is 3. The summed E-state index contributed by atoms with van der Waals surface area (Å²) in [5, 5.41) is 11.9. The van der Waals surface area contributed by atoms with Crippen LogP contribution in [0, 0.1) is 0 Å². The third-order valence-electron chi connectivity index (χ3n) is 3.55. The zero-order valence-corrected chi connectivity index (χ0v) is 14.4. The summed E-state index contributed by atoms with van der Waals surface area (Å²) in [6.07, 6.45) is 4.63. The normalized spacial score (nSPS) is 14.4. The van der Waals surface area contributed by atoms with E-state index in [1.54, 1.807) is 12.3 Å². The first-order valence-corrected chi connectivity index (χ1v) is 8.82. The Balaban J connectivity index is 1.61. The summed E-state index contributed by atoms with van der Waals surface area (Å²) in [5.41, 5.74) is 2.42. The van der Waals surface area contributed by atoms with Crippen molar-refractivity contribution in [1.29, 1.82) is 0 Å². The molecule has 1 aliphatic heterocycles. The van der Waals surface area contributed by atoms with Gasteiger partial charge in [-0.15, -0.1) is 11.7 Å². The van der Waals surface area contributed by atoms with Gasteiger partial charge in [-0.05, 0) is 30.7 Å². The first-order valence-electron chi connectivity index (χ1n) is 7.94. The maximum Gasteiger partial charge on any atom is 0.238 e. The van der Waals surface area contributed by atoms with Gasteiger partial charge in [0.1, 0.15) is 5.04 Å². The Kier molecular flexibility index (Phi) is 5.74. The SMILES string of the molecule is C=CCC(SC1=NN=C(c2ccccn2)C1)C(=O)Nc1ccccc1. The van der Waals surface area contributed by atoms with Gasteiger partial charge >= 0.3 is 0 Å². The largest absolute Gasteiger partial charge is 0.325 e. The van der Waals surface area contributed by atoms with Gasteiger partial charge in [0.25, 0.3) is 0 Å². The van der Waals surface area contributed by atoms with E-state index in [1.807, 2.05) is 48.5 Å². The van der Waals surface area contributed by atoms with Crippen LogP contribution in [0.25, 0.3) is 0 Å². The fraction of sp³-hybridized carbons (Fsp3) is 0.158. The number of aromatic nitrogens is 1. The number of anilines is 1. The highest BCUT2D eigenvalue weighted by Gasteiger charge is 2.24. The lowest BCUT2D eigenvalue weighted by molar-refractivity contribution is -0.115. The predicted molar refractivity (Wildman–Crippen MR) is 104 cm³/mol. The van der Waals surface area contributed by atoms with Crippen molar-refractivity contribution in [3.8, 4) is 0 Å². The molecule has 1 N–H and O–H groups in total. The van der Waals surface area contributed by atoms with Crippen molar-refractivity contribution in [3.05, 3.63) is 73.1 Å². The van der Waals surface area contributed by atoms with E-state index in [2.05, 4.69) is 27.1 Å². The Morgan fingerprint density at radius 1 is 1.20 bits per heavy atom. The maximum atomic E-state index is 12.6. The van der Waals surface area contributed by atoms with Gasteiger partial charge in [0.15, 0.2) is 0 Å². The van der Waals surface area contributed by atoms with Crippen molar-refractivity contribution in [2.75, 3.05) is 5.32 Å². The van der Waals surface area contributed by atoms with Gasteiger partial charge in [0, 0.05) is 18.3 Å². The van der Waals surface area contributed by atoms with E-state index in [-0.39, 0.29) is 11.2 Å². The second-order valence-electron chi connectivity index (χ2n) is 5.42. The molecule has 1 amide bonds. The van der Waals surface area contributed by atoms with Crippen LogP contribution in [0.4, 0.5) is 5.69 Å². The number of hydrogen-bond acceptors (Lipinski definition) is 5. The molecule has 0 bridgehead atoms. The number of nitrogens with one attached hydrogen (secondary N) is 1. The molecule has 2 aromatic rings. The topological polar surface area (TPSA) is 66.7 Å². The molecule has 25 heavy (non-hydrogen) atoms. The van der Waals surface area contributed by atoms with Crippen LogP contribution in [0.3, 0.4) is 0 Å². The van der Waals surface area contributed by atoms with Crippen LogP contribution in [0.15, 0.2) is 77.6 Å². The number of benzene rings is 1. The molecular formula is C19H18N4OS. The number of thioether (sulfide) groups is 1. The first kappa shape index (κ1) is 17.1. The standard InChI is InChI=1S/C19H18N4OS/c1-2-8-17(19(24)21-14-9-4-3-5-10-14)25-18-13-16(22-23-18)15-11-6-7-12-20-15/h2-7,9-12,17H,1,8,13H2,(H,21,24). The second kappa shape index (κ2) is 8.39. The molecule has 2 heterocycles. The molecule has 0 saturated heterocycles. The molecule has 0 fully saturated rings. The Morgan fingerprint density at radius 2 is 2.00 bits per heavy atom. The van der Waals surface area contributed by atoms with Crippen LogP contribution in [0.5, 0.6) is 0 Å². The Morgan fingerprint density at radius 3 is 2.72 bits per heavy atom. The summed E-state index contributed by atoms with van der Waals surface area (Å²) in [7, 11) is 0. The highest BCUT2D eigenvalue weighted by Crippen LogP contribution is 2.25. The lowest BCUT2D eigenvalue weighted by atomic mass is 10.2. The van der Waals surface area contributed by atoms with Gasteiger partial charge in [-0.1, -0.05) is 42.1 Å². The van der Waals surface area contributed by atoms with Crippen molar-refractivity contribution in [2.45, 2.75) is 18.1 Å². The highest BCUT2D eigenvalue weighted by molar-refractivity contribution is 8.15. The third-order valence-corrected chi connectivity index (χ3v) is 4.74. The molecule has 1 atom stereocenters. The summed E-state index contributed by atoms with van der Waals surface area (Å²) in [6.45, 7) is 3.76. The number of carbonyl (C=O) groups is 1. The number of pyridine rings is 1. The summed E-state index contributed by atoms with van der Waals surface area (Å²) < 4.78 is 0.